The molecular formula is C20H25BN2O4S. The van der Waals surface area contributed by atoms with Gasteiger partial charge in [-0.15, -0.1) is 0 Å². The molecule has 0 aliphatic carbocycles. The first-order valence-electron chi connectivity index (χ1n) is 9.47. The summed E-state index contributed by atoms with van der Waals surface area (Å²) in [4.78, 5) is 26.2. The van der Waals surface area contributed by atoms with Crippen LogP contribution in [0.1, 0.15) is 46.0 Å². The molecule has 2 heterocycles. The SMILES string of the molecule is CC(NC(=O)c1ccc(B(O)O)c(C=O)c1)C1CCCN(Cc2ccsc2)C1. The molecule has 3 rings (SSSR count). The summed E-state index contributed by atoms with van der Waals surface area (Å²) in [7, 11) is -1.74. The van der Waals surface area contributed by atoms with Crippen LogP contribution in [0.15, 0.2) is 35.0 Å². The van der Waals surface area contributed by atoms with Gasteiger partial charge in [0.1, 0.15) is 6.29 Å². The maximum atomic E-state index is 12.6. The topological polar surface area (TPSA) is 89.9 Å². The van der Waals surface area contributed by atoms with E-state index in [2.05, 4.69) is 27.0 Å². The monoisotopic (exact) mass is 400 g/mol. The molecule has 6 nitrogen and oxygen atoms in total. The third kappa shape index (κ3) is 5.08. The molecular weight excluding hydrogens is 375 g/mol. The largest absolute Gasteiger partial charge is 0.489 e. The highest BCUT2D eigenvalue weighted by Crippen LogP contribution is 2.22. The maximum absolute atomic E-state index is 12.6. The third-order valence-corrected chi connectivity index (χ3v) is 6.08. The molecule has 0 radical (unpaired) electrons. The maximum Gasteiger partial charge on any atom is 0.489 e. The Morgan fingerprint density at radius 3 is 2.93 bits per heavy atom. The van der Waals surface area contributed by atoms with Crippen molar-refractivity contribution in [3.05, 3.63) is 51.7 Å². The lowest BCUT2D eigenvalue weighted by molar-refractivity contribution is 0.0890. The Kier molecular flexibility index (Phi) is 7.01. The first-order chi connectivity index (χ1) is 13.5. The summed E-state index contributed by atoms with van der Waals surface area (Å²) in [5.74, 6) is 0.102. The van der Waals surface area contributed by atoms with Gasteiger partial charge in [0.05, 0.1) is 0 Å². The van der Waals surface area contributed by atoms with Crippen molar-refractivity contribution in [1.82, 2.24) is 10.2 Å². The van der Waals surface area contributed by atoms with Crippen LogP contribution in [0.25, 0.3) is 0 Å². The lowest BCUT2D eigenvalue weighted by atomic mass is 9.77. The lowest BCUT2D eigenvalue weighted by Crippen LogP contribution is -2.46. The van der Waals surface area contributed by atoms with Gasteiger partial charge in [0, 0.05) is 30.3 Å². The molecule has 28 heavy (non-hydrogen) atoms. The molecule has 0 bridgehead atoms. The highest BCUT2D eigenvalue weighted by molar-refractivity contribution is 7.07. The Bertz CT molecular complexity index is 813. The number of hydrogen-bond donors (Lipinski definition) is 3. The van der Waals surface area contributed by atoms with Gasteiger partial charge in [0.25, 0.3) is 5.91 Å². The van der Waals surface area contributed by atoms with E-state index in [9.17, 15) is 19.6 Å². The molecule has 0 saturated carbocycles. The summed E-state index contributed by atoms with van der Waals surface area (Å²) in [6, 6.07) is 6.45. The van der Waals surface area contributed by atoms with Crippen LogP contribution in [-0.4, -0.2) is 53.4 Å². The van der Waals surface area contributed by atoms with Gasteiger partial charge < -0.3 is 15.4 Å². The van der Waals surface area contributed by atoms with Crippen molar-refractivity contribution in [2.45, 2.75) is 32.4 Å². The van der Waals surface area contributed by atoms with Crippen LogP contribution in [0.2, 0.25) is 0 Å². The molecule has 1 aromatic carbocycles. The van der Waals surface area contributed by atoms with Gasteiger partial charge in [0.2, 0.25) is 0 Å². The van der Waals surface area contributed by atoms with Gasteiger partial charge in [-0.05, 0) is 72.2 Å². The number of carbonyl (C=O) groups is 2. The van der Waals surface area contributed by atoms with Crippen molar-refractivity contribution < 1.29 is 19.6 Å². The number of likely N-dealkylation sites (tertiary alicyclic amines) is 1. The second kappa shape index (κ2) is 9.47. The highest BCUT2D eigenvalue weighted by Gasteiger charge is 2.26. The second-order valence-corrected chi connectivity index (χ2v) is 8.15. The minimum atomic E-state index is -1.74. The molecule has 148 valence electrons. The molecule has 3 N–H and O–H groups in total. The smallest absolute Gasteiger partial charge is 0.423 e. The zero-order chi connectivity index (χ0) is 20.1. The van der Waals surface area contributed by atoms with Crippen LogP contribution >= 0.6 is 11.3 Å². The van der Waals surface area contributed by atoms with Crippen molar-refractivity contribution in [2.24, 2.45) is 5.92 Å². The number of piperidine rings is 1. The number of thiophene rings is 1. The predicted octanol–water partition coefficient (Wildman–Crippen LogP) is 1.27. The van der Waals surface area contributed by atoms with Crippen molar-refractivity contribution in [3.8, 4) is 0 Å². The number of aldehydes is 1. The number of carbonyl (C=O) groups excluding carboxylic acids is 2. The molecule has 2 unspecified atom stereocenters. The molecule has 8 heteroatoms. The minimum Gasteiger partial charge on any atom is -0.423 e. The number of rotatable bonds is 7. The fourth-order valence-corrected chi connectivity index (χ4v) is 4.40. The predicted molar refractivity (Wildman–Crippen MR) is 111 cm³/mol. The summed E-state index contributed by atoms with van der Waals surface area (Å²) in [5, 5.41) is 25.9. The Morgan fingerprint density at radius 2 is 2.25 bits per heavy atom. The zero-order valence-electron chi connectivity index (χ0n) is 15.9. The Hall–Kier alpha value is -2.00. The van der Waals surface area contributed by atoms with E-state index in [0.717, 1.165) is 32.5 Å². The third-order valence-electron chi connectivity index (χ3n) is 5.35. The Labute approximate surface area is 169 Å². The van der Waals surface area contributed by atoms with Crippen LogP contribution in [0, 0.1) is 5.92 Å². The van der Waals surface area contributed by atoms with Gasteiger partial charge in [-0.1, -0.05) is 6.07 Å². The molecule has 0 spiro atoms. The standard InChI is InChI=1S/C20H25BN2O4S/c1-14(17-3-2-7-23(11-17)10-15-6-8-28-13-15)22-20(25)16-4-5-19(21(26)27)18(9-16)12-24/h4-6,8-9,12-14,17,26-27H,2-3,7,10-11H2,1H3,(H,22,25). The molecule has 1 amide bonds. The average molecular weight is 400 g/mol. The number of amides is 1. The van der Waals surface area contributed by atoms with Crippen LogP contribution < -0.4 is 10.8 Å². The van der Waals surface area contributed by atoms with Crippen molar-refractivity contribution in [2.75, 3.05) is 13.1 Å². The molecule has 1 aromatic heterocycles. The lowest BCUT2D eigenvalue weighted by Gasteiger charge is -2.36. The first kappa shape index (κ1) is 20.7. The fraction of sp³-hybridized carbons (Fsp3) is 0.400. The molecule has 1 fully saturated rings. The van der Waals surface area contributed by atoms with Crippen LogP contribution in [0.5, 0.6) is 0 Å². The van der Waals surface area contributed by atoms with E-state index < -0.39 is 7.12 Å². The van der Waals surface area contributed by atoms with E-state index in [1.54, 1.807) is 11.3 Å². The Balaban J connectivity index is 1.61. The summed E-state index contributed by atoms with van der Waals surface area (Å²) in [5.41, 5.74) is 1.87. The number of nitrogens with one attached hydrogen (secondary N) is 1. The summed E-state index contributed by atoms with van der Waals surface area (Å²) < 4.78 is 0. The van der Waals surface area contributed by atoms with Gasteiger partial charge in [0.15, 0.2) is 0 Å². The average Bonchev–Trinajstić information content (AvgIpc) is 3.20. The number of hydrogen-bond acceptors (Lipinski definition) is 6. The van der Waals surface area contributed by atoms with Gasteiger partial charge >= 0.3 is 7.12 Å². The van der Waals surface area contributed by atoms with Crippen LogP contribution in [0.4, 0.5) is 0 Å². The summed E-state index contributed by atoms with van der Waals surface area (Å²) in [6.45, 7) is 4.96. The molecule has 1 aliphatic heterocycles. The number of nitrogens with zero attached hydrogens (tertiary/aromatic N) is 1. The van der Waals surface area contributed by atoms with Crippen molar-refractivity contribution >= 4 is 36.1 Å². The first-order valence-corrected chi connectivity index (χ1v) is 10.4. The van der Waals surface area contributed by atoms with E-state index in [4.69, 9.17) is 0 Å². The van der Waals surface area contributed by atoms with E-state index >= 15 is 0 Å². The van der Waals surface area contributed by atoms with E-state index in [1.165, 1.54) is 23.8 Å². The summed E-state index contributed by atoms with van der Waals surface area (Å²) >= 11 is 1.71. The molecule has 1 saturated heterocycles. The van der Waals surface area contributed by atoms with Crippen molar-refractivity contribution in [1.29, 1.82) is 0 Å². The summed E-state index contributed by atoms with van der Waals surface area (Å²) in [6.07, 6.45) is 2.70. The normalized spacial score (nSPS) is 18.5. The Morgan fingerprint density at radius 1 is 1.43 bits per heavy atom. The van der Waals surface area contributed by atoms with Crippen molar-refractivity contribution in [3.63, 3.8) is 0 Å². The molecule has 1 aliphatic rings. The minimum absolute atomic E-state index is 0.000523. The van der Waals surface area contributed by atoms with Gasteiger partial charge in [-0.3, -0.25) is 14.5 Å². The van der Waals surface area contributed by atoms with E-state index in [0.29, 0.717) is 17.8 Å². The highest BCUT2D eigenvalue weighted by atomic mass is 32.1. The van der Waals surface area contributed by atoms with E-state index in [1.807, 2.05) is 6.92 Å². The number of benzene rings is 1. The van der Waals surface area contributed by atoms with Gasteiger partial charge in [-0.2, -0.15) is 11.3 Å². The van der Waals surface area contributed by atoms with E-state index in [-0.39, 0.29) is 23.0 Å². The van der Waals surface area contributed by atoms with Crippen LogP contribution in [-0.2, 0) is 6.54 Å². The zero-order valence-corrected chi connectivity index (χ0v) is 16.7. The quantitative estimate of drug-likeness (QED) is 0.481. The van der Waals surface area contributed by atoms with Gasteiger partial charge in [-0.25, -0.2) is 0 Å². The fourth-order valence-electron chi connectivity index (χ4n) is 3.74. The van der Waals surface area contributed by atoms with Crippen LogP contribution in [0.3, 0.4) is 0 Å². The second-order valence-electron chi connectivity index (χ2n) is 7.37. The molecule has 2 aromatic rings. The molecule has 2 atom stereocenters.